The van der Waals surface area contributed by atoms with Gasteiger partial charge in [0.15, 0.2) is 0 Å². The number of aliphatic hydroxyl groups excluding tert-OH is 1. The number of carbonyl (C=O) groups is 1. The Balaban J connectivity index is 2.12. The Morgan fingerprint density at radius 2 is 2.39 bits per heavy atom. The zero-order valence-corrected chi connectivity index (χ0v) is 11.0. The van der Waals surface area contributed by atoms with E-state index in [-0.39, 0.29) is 28.8 Å². The zero-order chi connectivity index (χ0) is 13.1. The van der Waals surface area contributed by atoms with Crippen molar-refractivity contribution < 1.29 is 14.6 Å². The van der Waals surface area contributed by atoms with Crippen LogP contribution in [0.25, 0.3) is 0 Å². The third kappa shape index (κ3) is 2.92. The minimum absolute atomic E-state index is 0.108. The van der Waals surface area contributed by atoms with Gasteiger partial charge in [-0.2, -0.15) is 0 Å². The highest BCUT2D eigenvalue weighted by atomic mass is 35.5. The molecule has 1 aromatic heterocycles. The molecule has 0 radical (unpaired) electrons. The van der Waals surface area contributed by atoms with Gasteiger partial charge in [-0.1, -0.05) is 23.2 Å². The molecule has 1 N–H and O–H groups in total. The van der Waals surface area contributed by atoms with Crippen LogP contribution in [0.1, 0.15) is 10.4 Å². The lowest BCUT2D eigenvalue weighted by Gasteiger charge is -2.32. The largest absolute Gasteiger partial charge is 0.394 e. The summed E-state index contributed by atoms with van der Waals surface area (Å²) in [7, 11) is 0. The van der Waals surface area contributed by atoms with Gasteiger partial charge in [-0.15, -0.1) is 0 Å². The Bertz CT molecular complexity index is 456. The molecular formula is C11H12Cl2N2O3. The van der Waals surface area contributed by atoms with E-state index in [1.165, 1.54) is 12.3 Å². The second-order valence-corrected chi connectivity index (χ2v) is 4.69. The van der Waals surface area contributed by atoms with Crippen molar-refractivity contribution in [3.05, 3.63) is 28.0 Å². The fourth-order valence-corrected chi connectivity index (χ4v) is 2.00. The molecule has 1 atom stereocenters. The van der Waals surface area contributed by atoms with Crippen LogP contribution in [0.2, 0.25) is 10.2 Å². The van der Waals surface area contributed by atoms with E-state index in [0.717, 1.165) is 0 Å². The number of rotatable bonds is 2. The Kier molecular flexibility index (Phi) is 4.40. The predicted molar refractivity (Wildman–Crippen MR) is 67.0 cm³/mol. The van der Waals surface area contributed by atoms with Gasteiger partial charge in [0.1, 0.15) is 5.15 Å². The van der Waals surface area contributed by atoms with Crippen molar-refractivity contribution in [1.29, 1.82) is 0 Å². The van der Waals surface area contributed by atoms with Crippen molar-refractivity contribution in [2.24, 2.45) is 0 Å². The summed E-state index contributed by atoms with van der Waals surface area (Å²) in [5.41, 5.74) is 0.378. The minimum atomic E-state index is -0.335. The van der Waals surface area contributed by atoms with Crippen molar-refractivity contribution in [2.75, 3.05) is 26.3 Å². The maximum absolute atomic E-state index is 12.2. The molecule has 1 aromatic rings. The third-order valence-electron chi connectivity index (χ3n) is 2.67. The smallest absolute Gasteiger partial charge is 0.255 e. The molecular weight excluding hydrogens is 279 g/mol. The summed E-state index contributed by atoms with van der Waals surface area (Å²) in [6.45, 7) is 1.14. The van der Waals surface area contributed by atoms with E-state index in [9.17, 15) is 4.79 Å². The van der Waals surface area contributed by atoms with Gasteiger partial charge in [0, 0.05) is 19.3 Å². The molecule has 1 amide bonds. The molecule has 1 saturated heterocycles. The molecule has 2 heterocycles. The molecule has 0 saturated carbocycles. The van der Waals surface area contributed by atoms with Crippen molar-refractivity contribution in [2.45, 2.75) is 6.10 Å². The summed E-state index contributed by atoms with van der Waals surface area (Å²) in [4.78, 5) is 17.6. The van der Waals surface area contributed by atoms with Crippen LogP contribution in [-0.2, 0) is 4.74 Å². The number of ether oxygens (including phenoxy) is 1. The number of hydrogen-bond donors (Lipinski definition) is 1. The molecule has 18 heavy (non-hydrogen) atoms. The first-order chi connectivity index (χ1) is 8.61. The number of halogens is 2. The van der Waals surface area contributed by atoms with Crippen molar-refractivity contribution >= 4 is 29.1 Å². The average molecular weight is 291 g/mol. The minimum Gasteiger partial charge on any atom is -0.394 e. The number of aliphatic hydroxyl groups is 1. The molecule has 98 valence electrons. The highest BCUT2D eigenvalue weighted by molar-refractivity contribution is 6.41. The van der Waals surface area contributed by atoms with E-state index in [0.29, 0.717) is 25.3 Å². The lowest BCUT2D eigenvalue weighted by atomic mass is 10.2. The monoisotopic (exact) mass is 290 g/mol. The summed E-state index contributed by atoms with van der Waals surface area (Å²) in [6, 6.07) is 1.49. The topological polar surface area (TPSA) is 62.7 Å². The van der Waals surface area contributed by atoms with Crippen LogP contribution in [0, 0.1) is 0 Å². The maximum atomic E-state index is 12.2. The maximum Gasteiger partial charge on any atom is 0.255 e. The lowest BCUT2D eigenvalue weighted by molar-refractivity contribution is -0.0447. The molecule has 0 spiro atoms. The summed E-state index contributed by atoms with van der Waals surface area (Å²) in [5.74, 6) is -0.192. The second kappa shape index (κ2) is 5.84. The van der Waals surface area contributed by atoms with Crippen LogP contribution in [0.3, 0.4) is 0 Å². The fourth-order valence-electron chi connectivity index (χ4n) is 1.74. The van der Waals surface area contributed by atoms with Gasteiger partial charge in [-0.3, -0.25) is 4.79 Å². The van der Waals surface area contributed by atoms with E-state index in [1.807, 2.05) is 0 Å². The number of aromatic nitrogens is 1. The first-order valence-electron chi connectivity index (χ1n) is 5.44. The van der Waals surface area contributed by atoms with Crippen LogP contribution < -0.4 is 0 Å². The molecule has 7 heteroatoms. The Morgan fingerprint density at radius 3 is 3.06 bits per heavy atom. The predicted octanol–water partition coefficient (Wildman–Crippen LogP) is 1.22. The summed E-state index contributed by atoms with van der Waals surface area (Å²) < 4.78 is 5.28. The summed E-state index contributed by atoms with van der Waals surface area (Å²) in [6.07, 6.45) is 1.05. The third-order valence-corrected chi connectivity index (χ3v) is 3.36. The molecule has 1 fully saturated rings. The van der Waals surface area contributed by atoms with E-state index in [1.54, 1.807) is 4.90 Å². The second-order valence-electron chi connectivity index (χ2n) is 3.92. The summed E-state index contributed by atoms with van der Waals surface area (Å²) in [5, 5.41) is 9.44. The van der Waals surface area contributed by atoms with Gasteiger partial charge in [0.05, 0.1) is 29.9 Å². The Hall–Kier alpha value is -0.880. The highest BCUT2D eigenvalue weighted by Gasteiger charge is 2.25. The molecule has 1 unspecified atom stereocenters. The molecule has 0 aromatic carbocycles. The molecule has 2 rings (SSSR count). The van der Waals surface area contributed by atoms with Crippen LogP contribution in [0.5, 0.6) is 0 Å². The molecule has 1 aliphatic rings. The van der Waals surface area contributed by atoms with E-state index in [2.05, 4.69) is 4.98 Å². The molecule has 5 nitrogen and oxygen atoms in total. The quantitative estimate of drug-likeness (QED) is 0.832. The van der Waals surface area contributed by atoms with Gasteiger partial charge >= 0.3 is 0 Å². The van der Waals surface area contributed by atoms with Crippen LogP contribution in [0.15, 0.2) is 12.3 Å². The number of pyridine rings is 1. The van der Waals surface area contributed by atoms with E-state index < -0.39 is 0 Å². The Labute approximate surface area is 114 Å². The number of carbonyl (C=O) groups excluding carboxylic acids is 1. The fraction of sp³-hybridized carbons (Fsp3) is 0.455. The average Bonchev–Trinajstić information content (AvgIpc) is 2.41. The van der Waals surface area contributed by atoms with Crippen molar-refractivity contribution in [3.8, 4) is 0 Å². The van der Waals surface area contributed by atoms with Gasteiger partial charge in [0.2, 0.25) is 0 Å². The van der Waals surface area contributed by atoms with Gasteiger partial charge in [0.25, 0.3) is 5.91 Å². The summed E-state index contributed by atoms with van der Waals surface area (Å²) >= 11 is 11.5. The van der Waals surface area contributed by atoms with Gasteiger partial charge < -0.3 is 14.7 Å². The lowest BCUT2D eigenvalue weighted by Crippen LogP contribution is -2.46. The number of morpholine rings is 1. The first-order valence-corrected chi connectivity index (χ1v) is 6.20. The molecule has 0 aliphatic carbocycles. The highest BCUT2D eigenvalue weighted by Crippen LogP contribution is 2.21. The number of hydrogen-bond acceptors (Lipinski definition) is 4. The van der Waals surface area contributed by atoms with Crippen LogP contribution >= 0.6 is 23.2 Å². The van der Waals surface area contributed by atoms with Crippen LogP contribution in [0.4, 0.5) is 0 Å². The van der Waals surface area contributed by atoms with Crippen molar-refractivity contribution in [1.82, 2.24) is 9.88 Å². The van der Waals surface area contributed by atoms with Gasteiger partial charge in [-0.25, -0.2) is 4.98 Å². The Morgan fingerprint density at radius 1 is 1.61 bits per heavy atom. The zero-order valence-electron chi connectivity index (χ0n) is 9.47. The number of amides is 1. The van der Waals surface area contributed by atoms with Gasteiger partial charge in [-0.05, 0) is 6.07 Å². The molecule has 0 bridgehead atoms. The molecule has 1 aliphatic heterocycles. The first kappa shape index (κ1) is 13.5. The van der Waals surface area contributed by atoms with E-state index >= 15 is 0 Å². The van der Waals surface area contributed by atoms with Crippen LogP contribution in [-0.4, -0.2) is 53.3 Å². The standard InChI is InChI=1S/C11H12Cl2N2O3/c12-9-3-7(4-14-10(9)13)11(17)15-1-2-18-8(5-15)6-16/h3-4,8,16H,1-2,5-6H2. The van der Waals surface area contributed by atoms with E-state index in [4.69, 9.17) is 33.0 Å². The SMILES string of the molecule is O=C(c1cnc(Cl)c(Cl)c1)N1CCOC(CO)C1. The number of nitrogens with zero attached hydrogens (tertiary/aromatic N) is 2. The van der Waals surface area contributed by atoms with Crippen molar-refractivity contribution in [3.63, 3.8) is 0 Å². The normalized spacial score (nSPS) is 19.9.